The SMILES string of the molecule is CCC(C)(C)c1ccc(Oc2ccc(NC(=O)CSc3nnc(-c4cccs4)n3CC3CCCO3)cc2)cc1. The number of carbonyl (C=O) groups is 1. The van der Waals surface area contributed by atoms with E-state index in [1.54, 1.807) is 11.3 Å². The van der Waals surface area contributed by atoms with Crippen LogP contribution in [-0.2, 0) is 21.5 Å². The second kappa shape index (κ2) is 12.4. The fraction of sp³-hybridized carbons (Fsp3) is 0.367. The van der Waals surface area contributed by atoms with Crippen LogP contribution in [0.1, 0.15) is 45.6 Å². The lowest BCUT2D eigenvalue weighted by Crippen LogP contribution is -2.18. The highest BCUT2D eigenvalue weighted by Crippen LogP contribution is 2.31. The molecule has 0 aliphatic carbocycles. The number of rotatable bonds is 11. The van der Waals surface area contributed by atoms with Gasteiger partial charge in [-0.3, -0.25) is 9.36 Å². The summed E-state index contributed by atoms with van der Waals surface area (Å²) in [5.74, 6) is 2.45. The van der Waals surface area contributed by atoms with E-state index in [0.717, 1.165) is 47.5 Å². The van der Waals surface area contributed by atoms with Gasteiger partial charge in [0.25, 0.3) is 0 Å². The van der Waals surface area contributed by atoms with Crippen molar-refractivity contribution >= 4 is 34.7 Å². The summed E-state index contributed by atoms with van der Waals surface area (Å²) in [5, 5.41) is 14.5. The first-order valence-electron chi connectivity index (χ1n) is 13.3. The van der Waals surface area contributed by atoms with E-state index in [2.05, 4.69) is 53.0 Å². The Bertz CT molecular complexity index is 1360. The molecule has 1 fully saturated rings. The predicted molar refractivity (Wildman–Crippen MR) is 158 cm³/mol. The molecule has 0 bridgehead atoms. The summed E-state index contributed by atoms with van der Waals surface area (Å²) in [7, 11) is 0. The second-order valence-electron chi connectivity index (χ2n) is 10.3. The third-order valence-corrected chi connectivity index (χ3v) is 8.93. The number of nitrogens with zero attached hydrogens (tertiary/aromatic N) is 3. The van der Waals surface area contributed by atoms with E-state index in [0.29, 0.717) is 18.0 Å². The van der Waals surface area contributed by atoms with Crippen LogP contribution in [0.15, 0.2) is 71.2 Å². The number of thiophene rings is 1. The van der Waals surface area contributed by atoms with Gasteiger partial charge in [0, 0.05) is 12.3 Å². The molecule has 1 aliphatic heterocycles. The highest BCUT2D eigenvalue weighted by Gasteiger charge is 2.23. The first-order valence-corrected chi connectivity index (χ1v) is 15.2. The van der Waals surface area contributed by atoms with Gasteiger partial charge in [-0.1, -0.05) is 50.7 Å². The van der Waals surface area contributed by atoms with E-state index < -0.39 is 0 Å². The zero-order valence-corrected chi connectivity index (χ0v) is 24.2. The maximum Gasteiger partial charge on any atom is 0.234 e. The summed E-state index contributed by atoms with van der Waals surface area (Å²) in [5.41, 5.74) is 2.15. The van der Waals surface area contributed by atoms with Crippen LogP contribution in [-0.4, -0.2) is 39.1 Å². The lowest BCUT2D eigenvalue weighted by molar-refractivity contribution is -0.113. The number of amides is 1. The number of aromatic nitrogens is 3. The minimum atomic E-state index is -0.105. The number of nitrogens with one attached hydrogen (secondary N) is 1. The molecule has 9 heteroatoms. The number of benzene rings is 2. The maximum absolute atomic E-state index is 12.7. The van der Waals surface area contributed by atoms with Gasteiger partial charge < -0.3 is 14.8 Å². The average molecular weight is 563 g/mol. The Morgan fingerprint density at radius 3 is 2.51 bits per heavy atom. The monoisotopic (exact) mass is 562 g/mol. The molecule has 2 aromatic heterocycles. The van der Waals surface area contributed by atoms with Crippen molar-refractivity contribution in [2.24, 2.45) is 0 Å². The number of thioether (sulfide) groups is 1. The van der Waals surface area contributed by atoms with Gasteiger partial charge in [-0.15, -0.1) is 21.5 Å². The van der Waals surface area contributed by atoms with Crippen molar-refractivity contribution in [3.8, 4) is 22.2 Å². The molecule has 1 unspecified atom stereocenters. The molecule has 0 radical (unpaired) electrons. The highest BCUT2D eigenvalue weighted by atomic mass is 32.2. The van der Waals surface area contributed by atoms with Crippen LogP contribution in [0.3, 0.4) is 0 Å². The van der Waals surface area contributed by atoms with Crippen molar-refractivity contribution in [3.05, 3.63) is 71.6 Å². The van der Waals surface area contributed by atoms with Crippen molar-refractivity contribution in [3.63, 3.8) is 0 Å². The third kappa shape index (κ3) is 6.90. The lowest BCUT2D eigenvalue weighted by atomic mass is 9.82. The van der Waals surface area contributed by atoms with Crippen LogP contribution < -0.4 is 10.1 Å². The molecule has 204 valence electrons. The molecule has 1 N–H and O–H groups in total. The van der Waals surface area contributed by atoms with Crippen LogP contribution in [0.2, 0.25) is 0 Å². The van der Waals surface area contributed by atoms with Gasteiger partial charge in [-0.2, -0.15) is 0 Å². The average Bonchev–Trinajstić information content (AvgIpc) is 3.72. The van der Waals surface area contributed by atoms with Gasteiger partial charge in [-0.05, 0) is 78.1 Å². The largest absolute Gasteiger partial charge is 0.457 e. The molecular weight excluding hydrogens is 528 g/mol. The maximum atomic E-state index is 12.7. The third-order valence-electron chi connectivity index (χ3n) is 7.09. The van der Waals surface area contributed by atoms with Crippen molar-refractivity contribution in [1.29, 1.82) is 0 Å². The van der Waals surface area contributed by atoms with Crippen LogP contribution in [0, 0.1) is 0 Å². The Morgan fingerprint density at radius 1 is 1.13 bits per heavy atom. The van der Waals surface area contributed by atoms with Crippen molar-refractivity contribution < 1.29 is 14.3 Å². The fourth-order valence-electron chi connectivity index (χ4n) is 4.39. The van der Waals surface area contributed by atoms with Gasteiger partial charge in [-0.25, -0.2) is 0 Å². The molecule has 1 saturated heterocycles. The standard InChI is InChI=1S/C30H34N4O3S2/c1-4-30(2,3)21-9-13-23(14-10-21)37-24-15-11-22(12-16-24)31-27(35)20-39-29-33-32-28(26-8-6-18-38-26)34(29)19-25-7-5-17-36-25/h6,8-16,18,25H,4-5,7,17,19-20H2,1-3H3,(H,31,35). The smallest absolute Gasteiger partial charge is 0.234 e. The van der Waals surface area contributed by atoms with Crippen LogP contribution in [0.4, 0.5) is 5.69 Å². The number of hydrogen-bond donors (Lipinski definition) is 1. The summed E-state index contributed by atoms with van der Waals surface area (Å²) in [6.07, 6.45) is 3.31. The molecule has 2 aromatic carbocycles. The van der Waals surface area contributed by atoms with Crippen molar-refractivity contribution in [2.45, 2.75) is 63.3 Å². The number of hydrogen-bond acceptors (Lipinski definition) is 7. The van der Waals surface area contributed by atoms with Gasteiger partial charge in [0.05, 0.1) is 23.3 Å². The minimum absolute atomic E-state index is 0.105. The molecule has 0 saturated carbocycles. The minimum Gasteiger partial charge on any atom is -0.457 e. The van der Waals surface area contributed by atoms with Gasteiger partial charge in [0.2, 0.25) is 5.91 Å². The van der Waals surface area contributed by atoms with Crippen LogP contribution in [0.25, 0.3) is 10.7 Å². The first-order chi connectivity index (χ1) is 18.9. The fourth-order valence-corrected chi connectivity index (χ4v) is 5.85. The molecule has 4 aromatic rings. The van der Waals surface area contributed by atoms with E-state index in [1.165, 1.54) is 17.3 Å². The second-order valence-corrected chi connectivity index (χ2v) is 12.1. The Balaban J connectivity index is 1.17. The molecule has 39 heavy (non-hydrogen) atoms. The van der Waals surface area contributed by atoms with Crippen molar-refractivity contribution in [2.75, 3.05) is 17.7 Å². The van der Waals surface area contributed by atoms with Crippen LogP contribution in [0.5, 0.6) is 11.5 Å². The topological polar surface area (TPSA) is 78.3 Å². The molecular formula is C30H34N4O3S2. The molecule has 5 rings (SSSR count). The van der Waals surface area contributed by atoms with E-state index in [1.807, 2.05) is 53.9 Å². The molecule has 1 atom stereocenters. The summed E-state index contributed by atoms with van der Waals surface area (Å²) in [6, 6.07) is 19.7. The highest BCUT2D eigenvalue weighted by molar-refractivity contribution is 7.99. The van der Waals surface area contributed by atoms with E-state index in [9.17, 15) is 4.79 Å². The lowest BCUT2D eigenvalue weighted by Gasteiger charge is -2.23. The summed E-state index contributed by atoms with van der Waals surface area (Å²) >= 11 is 3.02. The molecule has 0 spiro atoms. The Labute approximate surface area is 238 Å². The Morgan fingerprint density at radius 2 is 1.87 bits per heavy atom. The van der Waals surface area contributed by atoms with E-state index in [4.69, 9.17) is 9.47 Å². The van der Waals surface area contributed by atoms with Crippen molar-refractivity contribution in [1.82, 2.24) is 14.8 Å². The van der Waals surface area contributed by atoms with E-state index >= 15 is 0 Å². The molecule has 7 nitrogen and oxygen atoms in total. The predicted octanol–water partition coefficient (Wildman–Crippen LogP) is 7.40. The Kier molecular flexibility index (Phi) is 8.69. The summed E-state index contributed by atoms with van der Waals surface area (Å²) in [6.45, 7) is 8.16. The number of anilines is 1. The number of ether oxygens (including phenoxy) is 2. The molecule has 1 amide bonds. The zero-order chi connectivity index (χ0) is 27.2. The number of carbonyl (C=O) groups excluding carboxylic acids is 1. The van der Waals surface area contributed by atoms with Gasteiger partial charge in [0.1, 0.15) is 11.5 Å². The Hall–Kier alpha value is -3.14. The van der Waals surface area contributed by atoms with Gasteiger partial charge >= 0.3 is 0 Å². The van der Waals surface area contributed by atoms with Gasteiger partial charge in [0.15, 0.2) is 11.0 Å². The van der Waals surface area contributed by atoms with E-state index in [-0.39, 0.29) is 23.2 Å². The first kappa shape index (κ1) is 27.4. The quantitative estimate of drug-likeness (QED) is 0.192. The normalized spacial score (nSPS) is 15.4. The van der Waals surface area contributed by atoms with Crippen LogP contribution >= 0.6 is 23.1 Å². The molecule has 1 aliphatic rings. The summed E-state index contributed by atoms with van der Waals surface area (Å²) in [4.78, 5) is 13.8. The zero-order valence-electron chi connectivity index (χ0n) is 22.6. The molecule has 3 heterocycles. The summed E-state index contributed by atoms with van der Waals surface area (Å²) < 4.78 is 13.9.